The molecule has 0 heterocycles. The molecule has 16 heavy (non-hydrogen) atoms. The van der Waals surface area contributed by atoms with Gasteiger partial charge < -0.3 is 0 Å². The first-order valence-electron chi connectivity index (χ1n) is 5.07. The number of hydrogen-bond donors (Lipinski definition) is 0. The van der Waals surface area contributed by atoms with Crippen molar-refractivity contribution in [2.75, 3.05) is 0 Å². The van der Waals surface area contributed by atoms with E-state index in [0.717, 1.165) is 21.8 Å². The molecule has 0 amide bonds. The Kier molecular flexibility index (Phi) is 2.96. The van der Waals surface area contributed by atoms with Crippen LogP contribution in [0.1, 0.15) is 19.8 Å². The van der Waals surface area contributed by atoms with Crippen LogP contribution >= 0.6 is 0 Å². The van der Waals surface area contributed by atoms with Gasteiger partial charge in [0, 0.05) is 0 Å². The van der Waals surface area contributed by atoms with E-state index >= 15 is 0 Å². The van der Waals surface area contributed by atoms with Gasteiger partial charge in [0.15, 0.2) is 0 Å². The van der Waals surface area contributed by atoms with Gasteiger partial charge in [-0.15, -0.1) is 0 Å². The minimum atomic E-state index is -2.55. The topological polar surface area (TPSA) is 40.9 Å². The number of nitrogens with zero attached hydrogens (tertiary/aromatic N) is 1. The van der Waals surface area contributed by atoms with Crippen LogP contribution in [0.25, 0.3) is 0 Å². The molecule has 2 nitrogen and oxygen atoms in total. The number of carbonyl (C=O) groups excluding carboxylic acids is 1. The van der Waals surface area contributed by atoms with Crippen molar-refractivity contribution in [1.82, 2.24) is 0 Å². The molecule has 0 saturated heterocycles. The van der Waals surface area contributed by atoms with Gasteiger partial charge in [-0.2, -0.15) is 0 Å². The van der Waals surface area contributed by atoms with E-state index in [1.54, 1.807) is 6.92 Å². The second-order valence-electron chi connectivity index (χ2n) is 3.52. The molecule has 2 aliphatic carbocycles. The first-order valence-corrected chi connectivity index (χ1v) is 7.28. The van der Waals surface area contributed by atoms with Gasteiger partial charge in [-0.25, -0.2) is 0 Å². The Morgan fingerprint density at radius 1 is 1.25 bits per heavy atom. The second-order valence-corrected chi connectivity index (χ2v) is 7.62. The van der Waals surface area contributed by atoms with E-state index in [9.17, 15) is 10.1 Å². The fourth-order valence-electron chi connectivity index (χ4n) is 1.85. The zero-order valence-corrected chi connectivity index (χ0v) is 10.2. The molecular formula is C13H13FeNO. The molecule has 0 bridgehead atoms. The Hall–Kier alpha value is -1.36. The molecule has 0 unspecified atom stereocenters. The van der Waals surface area contributed by atoms with Gasteiger partial charge in [-0.1, -0.05) is 0 Å². The molecule has 0 spiro atoms. The molecule has 2 rings (SSSR count). The molecule has 0 aromatic heterocycles. The predicted molar refractivity (Wildman–Crippen MR) is 60.0 cm³/mol. The summed E-state index contributed by atoms with van der Waals surface area (Å²) in [7, 11) is 0. The van der Waals surface area contributed by atoms with Crippen molar-refractivity contribution < 1.29 is 17.6 Å². The van der Waals surface area contributed by atoms with Gasteiger partial charge in [-0.3, -0.25) is 0 Å². The van der Waals surface area contributed by atoms with Crippen LogP contribution in [0.4, 0.5) is 0 Å². The molecule has 0 aromatic carbocycles. The number of nitriles is 1. The van der Waals surface area contributed by atoms with Crippen LogP contribution in [0.5, 0.6) is 0 Å². The van der Waals surface area contributed by atoms with Crippen molar-refractivity contribution in [3.8, 4) is 4.97 Å². The standard InChI is InChI=1S/2C5H5.C2H3O.CN.Fe/c2*1-2-4-5-3-1;1-2-3;1-2;/h2*1-3H,4H2;1H3;;. The summed E-state index contributed by atoms with van der Waals surface area (Å²) in [6.45, 7) is 1.56. The first kappa shape index (κ1) is 11.1. The number of allylic oxidation sites excluding steroid dienone is 8. The summed E-state index contributed by atoms with van der Waals surface area (Å²) in [5, 5.41) is 9.52. The van der Waals surface area contributed by atoms with E-state index in [4.69, 9.17) is 0 Å². The van der Waals surface area contributed by atoms with E-state index in [2.05, 4.69) is 4.97 Å². The van der Waals surface area contributed by atoms with Crippen molar-refractivity contribution >= 4 is 4.68 Å². The van der Waals surface area contributed by atoms with Gasteiger partial charge >= 0.3 is 97.7 Å². The van der Waals surface area contributed by atoms with Crippen LogP contribution in [-0.2, 0) is 17.6 Å². The normalized spacial score (nSPS) is 19.2. The van der Waals surface area contributed by atoms with Gasteiger partial charge in [0.05, 0.1) is 0 Å². The van der Waals surface area contributed by atoms with Gasteiger partial charge in [0.1, 0.15) is 0 Å². The molecule has 0 saturated carbocycles. The predicted octanol–water partition coefficient (Wildman–Crippen LogP) is 2.86. The minimum absolute atomic E-state index is 0.0416. The quantitative estimate of drug-likeness (QED) is 0.727. The van der Waals surface area contributed by atoms with Crippen LogP contribution in [0.2, 0.25) is 0 Å². The third kappa shape index (κ3) is 1.51. The summed E-state index contributed by atoms with van der Waals surface area (Å²) in [6.07, 6.45) is 13.3. The van der Waals surface area contributed by atoms with Crippen LogP contribution in [0.15, 0.2) is 45.4 Å². The molecule has 0 aliphatic heterocycles. The molecule has 3 heteroatoms. The van der Waals surface area contributed by atoms with E-state index in [1.165, 1.54) is 0 Å². The van der Waals surface area contributed by atoms with Crippen LogP contribution in [0, 0.1) is 10.2 Å². The average Bonchev–Trinajstić information content (AvgIpc) is 2.89. The van der Waals surface area contributed by atoms with Gasteiger partial charge in [0.2, 0.25) is 0 Å². The molecule has 0 radical (unpaired) electrons. The Bertz CT molecular complexity index is 459. The van der Waals surface area contributed by atoms with E-state index in [-0.39, 0.29) is 4.68 Å². The molecule has 0 N–H and O–H groups in total. The summed E-state index contributed by atoms with van der Waals surface area (Å²) >= 11 is -2.55. The molecule has 0 fully saturated rings. The molecule has 84 valence electrons. The molecule has 2 aliphatic rings. The second kappa shape index (κ2) is 4.25. The van der Waals surface area contributed by atoms with Gasteiger partial charge in [-0.05, 0) is 0 Å². The summed E-state index contributed by atoms with van der Waals surface area (Å²) in [4.78, 5) is 14.3. The summed E-state index contributed by atoms with van der Waals surface area (Å²) in [6, 6.07) is 0. The number of rotatable bonds is 3. The van der Waals surface area contributed by atoms with Crippen molar-refractivity contribution in [3.05, 3.63) is 45.4 Å². The van der Waals surface area contributed by atoms with E-state index in [0.29, 0.717) is 0 Å². The first-order chi connectivity index (χ1) is 7.71. The third-order valence-corrected chi connectivity index (χ3v) is 7.09. The Morgan fingerprint density at radius 3 is 2.00 bits per heavy atom. The zero-order chi connectivity index (χ0) is 11.6. The van der Waals surface area contributed by atoms with Crippen molar-refractivity contribution in [2.45, 2.75) is 19.8 Å². The number of carbonyl (C=O) groups is 1. The van der Waals surface area contributed by atoms with E-state index < -0.39 is 12.8 Å². The maximum atomic E-state index is 12.0. The van der Waals surface area contributed by atoms with Crippen LogP contribution < -0.4 is 0 Å². The summed E-state index contributed by atoms with van der Waals surface area (Å²) < 4.78 is 2.09. The number of hydrogen-bond acceptors (Lipinski definition) is 2. The average molecular weight is 255 g/mol. The zero-order valence-electron chi connectivity index (χ0n) is 9.09. The fraction of sp³-hybridized carbons (Fsp3) is 0.231. The van der Waals surface area contributed by atoms with Crippen molar-refractivity contribution in [2.24, 2.45) is 0 Å². The third-order valence-electron chi connectivity index (χ3n) is 2.61. The Morgan fingerprint density at radius 2 is 1.75 bits per heavy atom. The Balaban J connectivity index is 2.48. The van der Waals surface area contributed by atoms with E-state index in [1.807, 2.05) is 36.5 Å². The molecule has 0 atom stereocenters. The van der Waals surface area contributed by atoms with Gasteiger partial charge in [0.25, 0.3) is 0 Å². The van der Waals surface area contributed by atoms with Crippen LogP contribution in [0.3, 0.4) is 0 Å². The van der Waals surface area contributed by atoms with Crippen molar-refractivity contribution in [1.29, 1.82) is 5.26 Å². The Labute approximate surface area is 97.9 Å². The fourth-order valence-corrected chi connectivity index (χ4v) is 5.49. The maximum absolute atomic E-state index is 12.0. The monoisotopic (exact) mass is 255 g/mol. The summed E-state index contributed by atoms with van der Waals surface area (Å²) in [5.41, 5.74) is 0. The van der Waals surface area contributed by atoms with Crippen molar-refractivity contribution in [3.63, 3.8) is 0 Å². The summed E-state index contributed by atoms with van der Waals surface area (Å²) in [5.74, 6) is 0. The van der Waals surface area contributed by atoms with Crippen LogP contribution in [-0.4, -0.2) is 4.68 Å². The molecule has 0 aromatic rings. The molecular weight excluding hydrogens is 242 g/mol. The SMILES string of the molecule is C[C](=O)[Fe]([C]#N)([C]1=CC=CC1)[C]1=CC=CC1.